The zero-order chi connectivity index (χ0) is 18.8. The highest BCUT2D eigenvalue weighted by atomic mass is 16.7. The molecule has 27 heavy (non-hydrogen) atoms. The number of nitrogens with one attached hydrogen (secondary N) is 1. The number of rotatable bonds is 6. The molecule has 3 heterocycles. The molecule has 1 N–H and O–H groups in total. The van der Waals surface area contributed by atoms with Gasteiger partial charge in [-0.1, -0.05) is 0 Å². The van der Waals surface area contributed by atoms with Gasteiger partial charge < -0.3 is 23.9 Å². The molecule has 1 amide bonds. The molecule has 0 fully saturated rings. The van der Waals surface area contributed by atoms with E-state index >= 15 is 0 Å². The van der Waals surface area contributed by atoms with Crippen LogP contribution in [0.15, 0.2) is 40.9 Å². The third kappa shape index (κ3) is 3.74. The minimum atomic E-state index is -0.285. The molecule has 0 bridgehead atoms. The molecule has 0 atom stereocenters. The summed E-state index contributed by atoms with van der Waals surface area (Å²) in [6.07, 6.45) is 1.88. The summed E-state index contributed by atoms with van der Waals surface area (Å²) < 4.78 is 23.6. The van der Waals surface area contributed by atoms with Gasteiger partial charge in [-0.3, -0.25) is 9.48 Å². The van der Waals surface area contributed by atoms with E-state index in [9.17, 15) is 4.79 Å². The lowest BCUT2D eigenvalue weighted by Crippen LogP contribution is -2.22. The Balaban J connectivity index is 1.32. The van der Waals surface area contributed by atoms with Gasteiger partial charge in [0.1, 0.15) is 18.1 Å². The molecule has 0 aliphatic carbocycles. The van der Waals surface area contributed by atoms with Crippen molar-refractivity contribution in [3.05, 3.63) is 59.3 Å². The first-order chi connectivity index (χ1) is 13.1. The fourth-order valence-electron chi connectivity index (χ4n) is 2.78. The Labute approximate surface area is 155 Å². The van der Waals surface area contributed by atoms with Gasteiger partial charge in [-0.15, -0.1) is 0 Å². The molecule has 0 saturated carbocycles. The van der Waals surface area contributed by atoms with E-state index in [0.29, 0.717) is 29.6 Å². The Kier molecular flexibility index (Phi) is 4.45. The Morgan fingerprint density at radius 1 is 1.26 bits per heavy atom. The summed E-state index contributed by atoms with van der Waals surface area (Å²) in [6, 6.07) is 8.69. The van der Waals surface area contributed by atoms with Gasteiger partial charge in [0.05, 0.1) is 5.69 Å². The van der Waals surface area contributed by atoms with Gasteiger partial charge in [0.15, 0.2) is 17.3 Å². The smallest absolute Gasteiger partial charge is 0.287 e. The van der Waals surface area contributed by atoms with Crippen molar-refractivity contribution in [2.45, 2.75) is 20.1 Å². The molecule has 140 valence electrons. The number of aromatic nitrogens is 2. The number of hydrogen-bond acceptors (Lipinski definition) is 6. The Morgan fingerprint density at radius 2 is 2.11 bits per heavy atom. The second-order valence-electron chi connectivity index (χ2n) is 6.17. The number of carbonyl (C=O) groups excluding carboxylic acids is 1. The zero-order valence-electron chi connectivity index (χ0n) is 15.0. The number of fused-ring (bicyclic) bond motifs is 1. The van der Waals surface area contributed by atoms with Crippen molar-refractivity contribution >= 4 is 5.91 Å². The van der Waals surface area contributed by atoms with Gasteiger partial charge in [0.2, 0.25) is 6.79 Å². The van der Waals surface area contributed by atoms with Gasteiger partial charge in [-0.05, 0) is 31.2 Å². The van der Waals surface area contributed by atoms with Crippen molar-refractivity contribution in [2.24, 2.45) is 7.05 Å². The van der Waals surface area contributed by atoms with Gasteiger partial charge in [0, 0.05) is 31.4 Å². The molecule has 3 aromatic rings. The zero-order valence-corrected chi connectivity index (χ0v) is 15.0. The largest absolute Gasteiger partial charge is 0.486 e. The van der Waals surface area contributed by atoms with E-state index in [0.717, 1.165) is 11.3 Å². The number of hydrogen-bond donors (Lipinski definition) is 1. The summed E-state index contributed by atoms with van der Waals surface area (Å²) >= 11 is 0. The van der Waals surface area contributed by atoms with E-state index < -0.39 is 0 Å². The fourth-order valence-corrected chi connectivity index (χ4v) is 2.78. The summed E-state index contributed by atoms with van der Waals surface area (Å²) in [7, 11) is 1.84. The second kappa shape index (κ2) is 7.06. The van der Waals surface area contributed by atoms with E-state index in [-0.39, 0.29) is 25.1 Å². The van der Waals surface area contributed by atoms with E-state index in [1.165, 1.54) is 0 Å². The molecule has 8 nitrogen and oxygen atoms in total. The first-order valence-electron chi connectivity index (χ1n) is 8.47. The van der Waals surface area contributed by atoms with Crippen LogP contribution in [-0.2, 0) is 20.2 Å². The average Bonchev–Trinajstić information content (AvgIpc) is 3.37. The van der Waals surface area contributed by atoms with Crippen molar-refractivity contribution in [2.75, 3.05) is 6.79 Å². The lowest BCUT2D eigenvalue weighted by molar-refractivity contribution is 0.0919. The number of amides is 1. The summed E-state index contributed by atoms with van der Waals surface area (Å²) in [5.41, 5.74) is 1.85. The monoisotopic (exact) mass is 369 g/mol. The lowest BCUT2D eigenvalue weighted by atomic mass is 10.2. The number of aryl methyl sites for hydroxylation is 2. The van der Waals surface area contributed by atoms with Crippen molar-refractivity contribution in [3.8, 4) is 17.2 Å². The standard InChI is InChI=1S/C19H19N3O5/c1-12-13(9-22(2)21-12)8-20-19(23)17-6-4-15(27-17)10-24-14-3-5-16-18(7-14)26-11-25-16/h3-7,9H,8,10-11H2,1-2H3,(H,20,23). The molecule has 8 heteroatoms. The summed E-state index contributed by atoms with van der Waals surface area (Å²) in [6.45, 7) is 2.71. The van der Waals surface area contributed by atoms with Crippen LogP contribution in [0, 0.1) is 6.92 Å². The molecule has 0 radical (unpaired) electrons. The normalized spacial score (nSPS) is 12.2. The predicted molar refractivity (Wildman–Crippen MR) is 94.7 cm³/mol. The minimum Gasteiger partial charge on any atom is -0.486 e. The van der Waals surface area contributed by atoms with Crippen LogP contribution in [-0.4, -0.2) is 22.5 Å². The van der Waals surface area contributed by atoms with E-state index in [1.807, 2.05) is 20.2 Å². The summed E-state index contributed by atoms with van der Waals surface area (Å²) in [5.74, 6) is 2.48. The number of ether oxygens (including phenoxy) is 3. The summed E-state index contributed by atoms with van der Waals surface area (Å²) in [4.78, 5) is 12.2. The van der Waals surface area contributed by atoms with Crippen molar-refractivity contribution in [3.63, 3.8) is 0 Å². The van der Waals surface area contributed by atoms with Crippen LogP contribution in [0.2, 0.25) is 0 Å². The Hall–Kier alpha value is -3.42. The minimum absolute atomic E-state index is 0.203. The molecule has 1 aromatic carbocycles. The van der Waals surface area contributed by atoms with Crippen LogP contribution in [0.4, 0.5) is 0 Å². The van der Waals surface area contributed by atoms with Crippen LogP contribution in [0.25, 0.3) is 0 Å². The van der Waals surface area contributed by atoms with Crippen molar-refractivity contribution in [1.29, 1.82) is 0 Å². The van der Waals surface area contributed by atoms with Crippen LogP contribution in [0.5, 0.6) is 17.2 Å². The highest BCUT2D eigenvalue weighted by Gasteiger charge is 2.15. The maximum Gasteiger partial charge on any atom is 0.287 e. The highest BCUT2D eigenvalue weighted by molar-refractivity contribution is 5.91. The predicted octanol–water partition coefficient (Wildman–Crippen LogP) is 2.56. The number of benzene rings is 1. The van der Waals surface area contributed by atoms with Gasteiger partial charge in [0.25, 0.3) is 5.91 Å². The topological polar surface area (TPSA) is 87.8 Å². The van der Waals surface area contributed by atoms with Gasteiger partial charge in [-0.25, -0.2) is 0 Å². The maximum atomic E-state index is 12.2. The first kappa shape index (κ1) is 17.0. The highest BCUT2D eigenvalue weighted by Crippen LogP contribution is 2.35. The van der Waals surface area contributed by atoms with Crippen molar-refractivity contribution in [1.82, 2.24) is 15.1 Å². The average molecular weight is 369 g/mol. The molecule has 0 unspecified atom stereocenters. The number of carbonyl (C=O) groups is 1. The van der Waals surface area contributed by atoms with Crippen LogP contribution in [0.3, 0.4) is 0 Å². The third-order valence-electron chi connectivity index (χ3n) is 4.17. The van der Waals surface area contributed by atoms with Crippen LogP contribution >= 0.6 is 0 Å². The number of nitrogens with zero attached hydrogens (tertiary/aromatic N) is 2. The number of furan rings is 1. The molecular formula is C19H19N3O5. The Morgan fingerprint density at radius 3 is 2.93 bits per heavy atom. The molecule has 0 spiro atoms. The first-order valence-corrected chi connectivity index (χ1v) is 8.47. The molecule has 2 aromatic heterocycles. The van der Waals surface area contributed by atoms with E-state index in [2.05, 4.69) is 10.4 Å². The lowest BCUT2D eigenvalue weighted by Gasteiger charge is -2.05. The quantitative estimate of drug-likeness (QED) is 0.718. The molecular weight excluding hydrogens is 350 g/mol. The van der Waals surface area contributed by atoms with Gasteiger partial charge >= 0.3 is 0 Å². The van der Waals surface area contributed by atoms with Crippen molar-refractivity contribution < 1.29 is 23.4 Å². The van der Waals surface area contributed by atoms with E-state index in [4.69, 9.17) is 18.6 Å². The van der Waals surface area contributed by atoms with Crippen LogP contribution in [0.1, 0.15) is 27.6 Å². The third-order valence-corrected chi connectivity index (χ3v) is 4.17. The molecule has 0 saturated heterocycles. The Bertz CT molecular complexity index is 976. The molecule has 4 rings (SSSR count). The van der Waals surface area contributed by atoms with Crippen LogP contribution < -0.4 is 19.5 Å². The second-order valence-corrected chi connectivity index (χ2v) is 6.17. The molecule has 1 aliphatic heterocycles. The summed E-state index contributed by atoms with van der Waals surface area (Å²) in [5, 5.41) is 7.08. The molecule has 1 aliphatic rings. The van der Waals surface area contributed by atoms with Gasteiger partial charge in [-0.2, -0.15) is 5.10 Å². The van der Waals surface area contributed by atoms with E-state index in [1.54, 1.807) is 35.0 Å². The fraction of sp³-hybridized carbons (Fsp3) is 0.263. The SMILES string of the molecule is Cc1nn(C)cc1CNC(=O)c1ccc(COc2ccc3c(c2)OCO3)o1. The maximum absolute atomic E-state index is 12.2.